The molecule has 0 spiro atoms. The molecule has 0 saturated heterocycles. The van der Waals surface area contributed by atoms with Crippen molar-refractivity contribution < 1.29 is 17.9 Å². The molecule has 90 valence electrons. The first-order chi connectivity index (χ1) is 7.16. The van der Waals surface area contributed by atoms with Crippen LogP contribution in [-0.2, 0) is 9.84 Å². The molecule has 0 saturated carbocycles. The van der Waals surface area contributed by atoms with Crippen molar-refractivity contribution in [3.63, 3.8) is 0 Å². The lowest BCUT2D eigenvalue weighted by molar-refractivity contribution is 0.163. The Morgan fingerprint density at radius 2 is 1.81 bits per heavy atom. The monoisotopic (exact) mass is 266 g/mol. The van der Waals surface area contributed by atoms with Crippen LogP contribution in [0.4, 0.5) is 4.39 Å². The van der Waals surface area contributed by atoms with E-state index in [0.717, 1.165) is 18.4 Å². The van der Waals surface area contributed by atoms with Gasteiger partial charge in [-0.15, -0.1) is 0 Å². The Bertz CT molecular complexity index is 467. The van der Waals surface area contributed by atoms with E-state index in [4.69, 9.17) is 11.6 Å². The van der Waals surface area contributed by atoms with Crippen LogP contribution in [0.2, 0.25) is 0 Å². The summed E-state index contributed by atoms with van der Waals surface area (Å²) in [6.07, 6.45) is -0.475. The zero-order valence-electron chi connectivity index (χ0n) is 8.81. The minimum atomic E-state index is -3.64. The Labute approximate surface area is 98.8 Å². The van der Waals surface area contributed by atoms with E-state index < -0.39 is 26.0 Å². The molecule has 1 N–H and O–H groups in total. The van der Waals surface area contributed by atoms with Gasteiger partial charge in [-0.3, -0.25) is 0 Å². The highest BCUT2D eigenvalue weighted by Gasteiger charge is 2.41. The highest BCUT2D eigenvalue weighted by atomic mass is 35.5. The van der Waals surface area contributed by atoms with Gasteiger partial charge < -0.3 is 5.11 Å². The van der Waals surface area contributed by atoms with Crippen LogP contribution in [0.3, 0.4) is 0 Å². The van der Waals surface area contributed by atoms with Gasteiger partial charge in [0.15, 0.2) is 14.0 Å². The van der Waals surface area contributed by atoms with Crippen LogP contribution >= 0.6 is 11.6 Å². The Morgan fingerprint density at radius 3 is 2.19 bits per heavy atom. The lowest BCUT2D eigenvalue weighted by Crippen LogP contribution is -2.35. The molecule has 1 rings (SSSR count). The molecule has 0 amide bonds. The fourth-order valence-electron chi connectivity index (χ4n) is 1.15. The molecule has 3 nitrogen and oxygen atoms in total. The number of alkyl halides is 1. The molecule has 1 aromatic rings. The summed E-state index contributed by atoms with van der Waals surface area (Å²) in [4.78, 5) is 0. The van der Waals surface area contributed by atoms with Gasteiger partial charge in [0.05, 0.1) is 0 Å². The Balaban J connectivity index is 3.12. The first-order valence-corrected chi connectivity index (χ1v) is 6.75. The van der Waals surface area contributed by atoms with Crippen LogP contribution in [-0.4, -0.2) is 24.0 Å². The van der Waals surface area contributed by atoms with Crippen molar-refractivity contribution >= 4 is 21.4 Å². The van der Waals surface area contributed by atoms with Crippen molar-refractivity contribution in [2.24, 2.45) is 0 Å². The quantitative estimate of drug-likeness (QED) is 0.850. The maximum atomic E-state index is 12.6. The summed E-state index contributed by atoms with van der Waals surface area (Å²) >= 11 is 5.81. The van der Waals surface area contributed by atoms with Gasteiger partial charge in [-0.25, -0.2) is 12.8 Å². The van der Waals surface area contributed by atoms with Crippen LogP contribution in [0.5, 0.6) is 0 Å². The molecular formula is C10H12ClFO3S. The van der Waals surface area contributed by atoms with Crippen molar-refractivity contribution in [1.29, 1.82) is 0 Å². The fourth-order valence-corrected chi connectivity index (χ4v) is 1.81. The summed E-state index contributed by atoms with van der Waals surface area (Å²) in [5.74, 6) is -0.466. The van der Waals surface area contributed by atoms with Crippen LogP contribution in [0.1, 0.15) is 18.6 Å². The number of hydrogen-bond donors (Lipinski definition) is 1. The largest absolute Gasteiger partial charge is 0.385 e. The molecule has 0 aliphatic rings. The summed E-state index contributed by atoms with van der Waals surface area (Å²) in [5.41, 5.74) is 0.254. The van der Waals surface area contributed by atoms with Crippen molar-refractivity contribution in [2.45, 2.75) is 17.2 Å². The molecule has 0 bridgehead atoms. The third kappa shape index (κ3) is 2.53. The van der Waals surface area contributed by atoms with E-state index in [1.54, 1.807) is 0 Å². The van der Waals surface area contributed by atoms with E-state index in [1.165, 1.54) is 19.1 Å². The number of benzene rings is 1. The Hall–Kier alpha value is -0.650. The molecule has 1 aromatic carbocycles. The summed E-state index contributed by atoms with van der Waals surface area (Å²) in [6.45, 7) is 1.21. The topological polar surface area (TPSA) is 54.4 Å². The van der Waals surface area contributed by atoms with E-state index in [1.807, 2.05) is 0 Å². The summed E-state index contributed by atoms with van der Waals surface area (Å²) in [5, 5.41) is 9.84. The molecule has 0 heterocycles. The summed E-state index contributed by atoms with van der Waals surface area (Å²) in [7, 11) is -3.64. The van der Waals surface area contributed by atoms with E-state index in [9.17, 15) is 17.9 Å². The van der Waals surface area contributed by atoms with Gasteiger partial charge >= 0.3 is 0 Å². The van der Waals surface area contributed by atoms with Gasteiger partial charge in [-0.05, 0) is 24.6 Å². The molecule has 0 aromatic heterocycles. The maximum Gasteiger partial charge on any atom is 0.172 e. The minimum absolute atomic E-state index is 0.254. The van der Waals surface area contributed by atoms with Gasteiger partial charge in [0, 0.05) is 6.26 Å². The van der Waals surface area contributed by atoms with Gasteiger partial charge in [0.1, 0.15) is 11.9 Å². The molecule has 6 heteroatoms. The summed E-state index contributed by atoms with van der Waals surface area (Å²) in [6, 6.07) is 4.86. The average Bonchev–Trinajstić information content (AvgIpc) is 2.16. The third-order valence-electron chi connectivity index (χ3n) is 2.40. The Morgan fingerprint density at radius 1 is 1.38 bits per heavy atom. The molecule has 0 aliphatic heterocycles. The Kier molecular flexibility index (Phi) is 3.62. The van der Waals surface area contributed by atoms with Crippen molar-refractivity contribution in [3.05, 3.63) is 35.6 Å². The maximum absolute atomic E-state index is 12.6. The highest BCUT2D eigenvalue weighted by molar-refractivity contribution is 7.93. The van der Waals surface area contributed by atoms with Crippen molar-refractivity contribution in [2.75, 3.05) is 6.26 Å². The van der Waals surface area contributed by atoms with Crippen molar-refractivity contribution in [1.82, 2.24) is 0 Å². The lowest BCUT2D eigenvalue weighted by Gasteiger charge is -2.26. The van der Waals surface area contributed by atoms with E-state index >= 15 is 0 Å². The number of aliphatic hydroxyl groups excluding tert-OH is 1. The molecule has 0 fully saturated rings. The number of aliphatic hydroxyl groups is 1. The van der Waals surface area contributed by atoms with Crippen LogP contribution < -0.4 is 0 Å². The lowest BCUT2D eigenvalue weighted by atomic mass is 10.1. The van der Waals surface area contributed by atoms with Gasteiger partial charge in [-0.2, -0.15) is 0 Å². The fraction of sp³-hybridized carbons (Fsp3) is 0.400. The van der Waals surface area contributed by atoms with Crippen LogP contribution in [0, 0.1) is 5.82 Å². The van der Waals surface area contributed by atoms with Crippen LogP contribution in [0.25, 0.3) is 0 Å². The van der Waals surface area contributed by atoms with Gasteiger partial charge in [-0.1, -0.05) is 23.7 Å². The average molecular weight is 267 g/mol. The minimum Gasteiger partial charge on any atom is -0.385 e. The number of hydrogen-bond acceptors (Lipinski definition) is 3. The molecular weight excluding hydrogens is 255 g/mol. The predicted molar refractivity (Wildman–Crippen MR) is 60.5 cm³/mol. The smallest absolute Gasteiger partial charge is 0.172 e. The normalized spacial score (nSPS) is 17.8. The second-order valence-electron chi connectivity index (χ2n) is 3.71. The standard InChI is InChI=1S/C10H12ClFO3S/c1-10(11,16(2,14)15)9(13)7-3-5-8(12)6-4-7/h3-6,9,13H,1-2H3/t9-,10+/m0/s1. The van der Waals surface area contributed by atoms with Gasteiger partial charge in [0.2, 0.25) is 0 Å². The van der Waals surface area contributed by atoms with Gasteiger partial charge in [0.25, 0.3) is 0 Å². The SMILES string of the molecule is C[C@](Cl)([C@@H](O)c1ccc(F)cc1)S(C)(=O)=O. The first kappa shape index (κ1) is 13.4. The molecule has 0 radical (unpaired) electrons. The molecule has 16 heavy (non-hydrogen) atoms. The second kappa shape index (κ2) is 4.31. The predicted octanol–water partition coefficient (Wildman–Crippen LogP) is 1.86. The summed E-state index contributed by atoms with van der Waals surface area (Å²) < 4.78 is 33.6. The molecule has 2 atom stereocenters. The third-order valence-corrected chi connectivity index (χ3v) is 5.12. The number of rotatable bonds is 3. The number of sulfone groups is 1. The van der Waals surface area contributed by atoms with E-state index in [0.29, 0.717) is 0 Å². The van der Waals surface area contributed by atoms with E-state index in [-0.39, 0.29) is 5.56 Å². The molecule has 0 aliphatic carbocycles. The second-order valence-corrected chi connectivity index (χ2v) is 7.11. The molecule has 0 unspecified atom stereocenters. The zero-order chi connectivity index (χ0) is 12.6. The number of halogens is 2. The first-order valence-electron chi connectivity index (χ1n) is 4.48. The van der Waals surface area contributed by atoms with Crippen molar-refractivity contribution in [3.8, 4) is 0 Å². The van der Waals surface area contributed by atoms with Crippen LogP contribution in [0.15, 0.2) is 24.3 Å². The zero-order valence-corrected chi connectivity index (χ0v) is 10.4. The van der Waals surface area contributed by atoms with E-state index in [2.05, 4.69) is 0 Å². The highest BCUT2D eigenvalue weighted by Crippen LogP contribution is 2.36.